The van der Waals surface area contributed by atoms with Crippen LogP contribution in [-0.2, 0) is 22.2 Å². The Morgan fingerprint density at radius 1 is 1.35 bits per heavy atom. The number of anilines is 1. The minimum Gasteiger partial charge on any atom is -0.367 e. The van der Waals surface area contributed by atoms with Gasteiger partial charge in [0.15, 0.2) is 0 Å². The molecule has 1 aromatic carbocycles. The van der Waals surface area contributed by atoms with E-state index in [1.54, 1.807) is 0 Å². The molecule has 2 amide bonds. The number of fused-ring (bicyclic) bond motifs is 2. The Labute approximate surface area is 157 Å². The number of hydrogen-bond donors (Lipinski definition) is 1. The minimum absolute atomic E-state index is 0.129. The summed E-state index contributed by atoms with van der Waals surface area (Å²) in [5.74, 6) is 0.751. The van der Waals surface area contributed by atoms with Gasteiger partial charge in [-0.3, -0.25) is 5.32 Å². The number of hydrogen-bond acceptors (Lipinski definition) is 5. The number of rotatable bonds is 1. The number of amides is 2. The Morgan fingerprint density at radius 2 is 2.15 bits per heavy atom. The fraction of sp³-hybridized carbons (Fsp3) is 0.526. The van der Waals surface area contributed by atoms with Crippen molar-refractivity contribution in [1.82, 2.24) is 14.3 Å². The first kappa shape index (κ1) is 17.4. The number of carbonyl (C=O) groups is 1. The topological polar surface area (TPSA) is 67.4 Å². The zero-order chi connectivity index (χ0) is 18.4. The van der Waals surface area contributed by atoms with Gasteiger partial charge in [0.25, 0.3) is 0 Å². The molecular weight excluding hydrogens is 348 g/mol. The number of benzene rings is 1. The molecule has 0 bridgehead atoms. The first-order valence-corrected chi connectivity index (χ1v) is 9.77. The molecule has 1 atom stereocenters. The Balaban J connectivity index is 1.48. The maximum absolute atomic E-state index is 12.8. The second-order valence-corrected chi connectivity index (χ2v) is 8.78. The lowest BCUT2D eigenvalue weighted by Gasteiger charge is -2.41. The Kier molecular flexibility index (Phi) is 4.23. The summed E-state index contributed by atoms with van der Waals surface area (Å²) in [4.78, 5) is 19.1. The van der Waals surface area contributed by atoms with Crippen LogP contribution in [0.2, 0.25) is 0 Å². The van der Waals surface area contributed by atoms with Gasteiger partial charge in [0.05, 0.1) is 13.2 Å². The molecule has 0 saturated carbocycles. The number of aromatic nitrogens is 2. The monoisotopic (exact) mass is 372 g/mol. The summed E-state index contributed by atoms with van der Waals surface area (Å²) in [5.41, 5.74) is 2.05. The molecule has 1 aromatic heterocycles. The van der Waals surface area contributed by atoms with Gasteiger partial charge in [0.2, 0.25) is 5.13 Å². The van der Waals surface area contributed by atoms with E-state index in [0.29, 0.717) is 24.8 Å². The first-order chi connectivity index (χ1) is 12.4. The van der Waals surface area contributed by atoms with Crippen LogP contribution in [0.15, 0.2) is 24.3 Å². The normalized spacial score (nSPS) is 22.5. The van der Waals surface area contributed by atoms with E-state index in [0.717, 1.165) is 18.7 Å². The average molecular weight is 372 g/mol. The van der Waals surface area contributed by atoms with Crippen LogP contribution >= 0.6 is 11.5 Å². The molecule has 26 heavy (non-hydrogen) atoms. The van der Waals surface area contributed by atoms with E-state index < -0.39 is 0 Å². The summed E-state index contributed by atoms with van der Waals surface area (Å²) in [6.07, 6.45) is 1.92. The van der Waals surface area contributed by atoms with Gasteiger partial charge < -0.3 is 9.64 Å². The van der Waals surface area contributed by atoms with Gasteiger partial charge in [-0.15, -0.1) is 0 Å². The van der Waals surface area contributed by atoms with E-state index in [9.17, 15) is 4.79 Å². The molecule has 1 aliphatic carbocycles. The molecular formula is C19H24N4O2S. The highest BCUT2D eigenvalue weighted by Crippen LogP contribution is 2.42. The van der Waals surface area contributed by atoms with Gasteiger partial charge in [-0.25, -0.2) is 9.78 Å². The number of urea groups is 1. The highest BCUT2D eigenvalue weighted by Gasteiger charge is 2.44. The van der Waals surface area contributed by atoms with Crippen molar-refractivity contribution in [3.63, 3.8) is 0 Å². The summed E-state index contributed by atoms with van der Waals surface area (Å²) < 4.78 is 10.5. The third kappa shape index (κ3) is 3.10. The van der Waals surface area contributed by atoms with Crippen LogP contribution < -0.4 is 5.32 Å². The zero-order valence-corrected chi connectivity index (χ0v) is 16.2. The SMILES string of the molecule is CC(C)(C)c1nsc(NC(=O)N2CCOC3(CCc4ccccc43)C2)n1. The fourth-order valence-corrected chi connectivity index (χ4v) is 4.42. The van der Waals surface area contributed by atoms with Crippen molar-refractivity contribution < 1.29 is 9.53 Å². The quantitative estimate of drug-likeness (QED) is 0.831. The molecule has 1 N–H and O–H groups in total. The highest BCUT2D eigenvalue weighted by atomic mass is 32.1. The molecule has 1 unspecified atom stereocenters. The molecule has 2 aliphatic rings. The predicted molar refractivity (Wildman–Crippen MR) is 102 cm³/mol. The maximum atomic E-state index is 12.8. The number of aryl methyl sites for hydroxylation is 1. The summed E-state index contributed by atoms with van der Waals surface area (Å²) in [5, 5.41) is 3.46. The molecule has 2 aromatic rings. The van der Waals surface area contributed by atoms with Crippen molar-refractivity contribution in [2.45, 2.75) is 44.6 Å². The second-order valence-electron chi connectivity index (χ2n) is 8.02. The van der Waals surface area contributed by atoms with Gasteiger partial charge in [-0.1, -0.05) is 45.0 Å². The maximum Gasteiger partial charge on any atom is 0.323 e. The third-order valence-corrected chi connectivity index (χ3v) is 5.72. The first-order valence-electron chi connectivity index (χ1n) is 9.00. The van der Waals surface area contributed by atoms with Crippen LogP contribution in [0.5, 0.6) is 0 Å². The van der Waals surface area contributed by atoms with Gasteiger partial charge >= 0.3 is 6.03 Å². The fourth-order valence-electron chi connectivity index (χ4n) is 3.68. The number of nitrogens with zero attached hydrogens (tertiary/aromatic N) is 3. The lowest BCUT2D eigenvalue weighted by Crippen LogP contribution is -2.52. The van der Waals surface area contributed by atoms with Crippen LogP contribution in [0, 0.1) is 0 Å². The molecule has 7 heteroatoms. The molecule has 1 aliphatic heterocycles. The van der Waals surface area contributed by atoms with Gasteiger partial charge in [0, 0.05) is 23.5 Å². The molecule has 4 rings (SSSR count). The molecule has 1 fully saturated rings. The van der Waals surface area contributed by atoms with Crippen LogP contribution in [0.1, 0.15) is 44.1 Å². The van der Waals surface area contributed by atoms with Crippen molar-refractivity contribution in [3.05, 3.63) is 41.2 Å². The lowest BCUT2D eigenvalue weighted by molar-refractivity contribution is -0.100. The average Bonchev–Trinajstić information content (AvgIpc) is 3.21. The van der Waals surface area contributed by atoms with Crippen LogP contribution in [0.3, 0.4) is 0 Å². The van der Waals surface area contributed by atoms with E-state index in [1.165, 1.54) is 22.7 Å². The standard InChI is InChI=1S/C19H24N4O2S/c1-18(2,3)15-20-16(26-22-15)21-17(24)23-10-11-25-19(12-23)9-8-13-6-4-5-7-14(13)19/h4-7H,8-12H2,1-3H3,(H,20,21,22,24). The number of carbonyl (C=O) groups excluding carboxylic acids is 1. The molecule has 138 valence electrons. The largest absolute Gasteiger partial charge is 0.367 e. The van der Waals surface area contributed by atoms with Crippen LogP contribution in [0.4, 0.5) is 9.93 Å². The van der Waals surface area contributed by atoms with Gasteiger partial charge in [0.1, 0.15) is 11.4 Å². The molecule has 0 radical (unpaired) electrons. The van der Waals surface area contributed by atoms with Crippen LogP contribution in [-0.4, -0.2) is 40.0 Å². The molecule has 2 heterocycles. The van der Waals surface area contributed by atoms with Crippen molar-refractivity contribution in [3.8, 4) is 0 Å². The van der Waals surface area contributed by atoms with Crippen molar-refractivity contribution >= 4 is 22.7 Å². The molecule has 6 nitrogen and oxygen atoms in total. The number of ether oxygens (including phenoxy) is 1. The third-order valence-electron chi connectivity index (χ3n) is 5.09. The summed E-state index contributed by atoms with van der Waals surface area (Å²) in [7, 11) is 0. The van der Waals surface area contributed by atoms with Gasteiger partial charge in [-0.05, 0) is 24.0 Å². The molecule has 1 saturated heterocycles. The van der Waals surface area contributed by atoms with E-state index in [1.807, 2.05) is 11.0 Å². The van der Waals surface area contributed by atoms with E-state index >= 15 is 0 Å². The Morgan fingerprint density at radius 3 is 2.92 bits per heavy atom. The smallest absolute Gasteiger partial charge is 0.323 e. The molecule has 1 spiro atoms. The van der Waals surface area contributed by atoms with Crippen molar-refractivity contribution in [1.29, 1.82) is 0 Å². The van der Waals surface area contributed by atoms with Gasteiger partial charge in [-0.2, -0.15) is 4.37 Å². The summed E-state index contributed by atoms with van der Waals surface area (Å²) in [6, 6.07) is 8.26. The number of nitrogens with one attached hydrogen (secondary N) is 1. The van der Waals surface area contributed by atoms with Crippen molar-refractivity contribution in [2.24, 2.45) is 0 Å². The van der Waals surface area contributed by atoms with E-state index in [-0.39, 0.29) is 17.0 Å². The predicted octanol–water partition coefficient (Wildman–Crippen LogP) is 3.54. The van der Waals surface area contributed by atoms with E-state index in [2.05, 4.69) is 53.6 Å². The Bertz CT molecular complexity index is 825. The van der Waals surface area contributed by atoms with Crippen molar-refractivity contribution in [2.75, 3.05) is 25.0 Å². The Hall–Kier alpha value is -1.99. The lowest BCUT2D eigenvalue weighted by atomic mass is 9.94. The number of morpholine rings is 1. The zero-order valence-electron chi connectivity index (χ0n) is 15.4. The summed E-state index contributed by atoms with van der Waals surface area (Å²) in [6.45, 7) is 7.88. The minimum atomic E-state index is -0.371. The van der Waals surface area contributed by atoms with Crippen LogP contribution in [0.25, 0.3) is 0 Å². The summed E-state index contributed by atoms with van der Waals surface area (Å²) >= 11 is 1.23. The van der Waals surface area contributed by atoms with E-state index in [4.69, 9.17) is 4.74 Å². The highest BCUT2D eigenvalue weighted by molar-refractivity contribution is 7.09. The second kappa shape index (κ2) is 6.32.